The van der Waals surface area contributed by atoms with Crippen molar-refractivity contribution in [3.05, 3.63) is 0 Å². The molecule has 12 heteroatoms. The van der Waals surface area contributed by atoms with Gasteiger partial charge < -0.3 is 0 Å². The van der Waals surface area contributed by atoms with E-state index in [0.717, 1.165) is 0 Å². The predicted molar refractivity (Wildman–Crippen MR) is 31.8 cm³/mol. The molecule has 0 saturated heterocycles. The van der Waals surface area contributed by atoms with Crippen LogP contribution < -0.4 is 0 Å². The second-order valence-electron chi connectivity index (χ2n) is 3.08. The summed E-state index contributed by atoms with van der Waals surface area (Å²) in [6, 6.07) is 0. The van der Waals surface area contributed by atoms with Crippen LogP contribution in [0.1, 0.15) is 0 Å². The summed E-state index contributed by atoms with van der Waals surface area (Å²) in [5, 5.41) is 0. The average Bonchev–Trinajstić information content (AvgIpc) is 2.12. The molecule has 0 aromatic carbocycles. The summed E-state index contributed by atoms with van der Waals surface area (Å²) in [5.41, 5.74) is -6.65. The Labute approximate surface area is 90.6 Å². The van der Waals surface area contributed by atoms with Gasteiger partial charge in [-0.05, 0) is 0 Å². The monoisotopic (exact) mass is 302 g/mol. The van der Waals surface area contributed by atoms with Crippen molar-refractivity contribution in [2.24, 2.45) is 0 Å². The summed E-state index contributed by atoms with van der Waals surface area (Å²) in [4.78, 5) is 0. The van der Waals surface area contributed by atoms with Gasteiger partial charge in [0.05, 0.1) is 0 Å². The van der Waals surface area contributed by atoms with Crippen LogP contribution in [0.3, 0.4) is 0 Å². The molecule has 0 heterocycles. The Morgan fingerprint density at radius 1 is 0.500 bits per heavy atom. The fourth-order valence-electron chi connectivity index (χ4n) is 0.765. The number of alkyl halides is 12. The van der Waals surface area contributed by atoms with Crippen LogP contribution in [0.2, 0.25) is 0 Å². The molecule has 110 valence electrons. The minimum atomic E-state index is -7.39. The molecule has 0 aromatic rings. The maximum Gasteiger partial charge on any atom is 0.460 e. The fourth-order valence-corrected chi connectivity index (χ4v) is 0.765. The second-order valence-corrected chi connectivity index (χ2v) is 3.08. The average molecular weight is 302 g/mol. The van der Waals surface area contributed by atoms with E-state index in [4.69, 9.17) is 0 Å². The smallest absolute Gasteiger partial charge is 0.247 e. The largest absolute Gasteiger partial charge is 0.460 e. The second kappa shape index (κ2) is 4.08. The predicted octanol–water partition coefficient (Wildman–Crippen LogP) is 4.06. The maximum absolute atomic E-state index is 12.6. The molecular formula is C6H2F12. The van der Waals surface area contributed by atoms with Crippen LogP contribution in [-0.2, 0) is 0 Å². The highest BCUT2D eigenvalue weighted by molar-refractivity contribution is 5.08. The van der Waals surface area contributed by atoms with Crippen molar-refractivity contribution < 1.29 is 52.7 Å². The first-order valence-corrected chi connectivity index (χ1v) is 3.70. The lowest BCUT2D eigenvalue weighted by Gasteiger charge is -2.37. The first kappa shape index (κ1) is 17.2. The normalized spacial score (nSPS) is 18.7. The van der Waals surface area contributed by atoms with Crippen LogP contribution in [0.15, 0.2) is 0 Å². The Morgan fingerprint density at radius 2 is 0.833 bits per heavy atom. The van der Waals surface area contributed by atoms with Gasteiger partial charge in [0.15, 0.2) is 0 Å². The quantitative estimate of drug-likeness (QED) is 0.690. The lowest BCUT2D eigenvalue weighted by molar-refractivity contribution is -0.412. The number of rotatable bonds is 3. The number of hydrogen-bond acceptors (Lipinski definition) is 0. The van der Waals surface area contributed by atoms with Crippen molar-refractivity contribution in [1.29, 1.82) is 0 Å². The molecule has 0 rings (SSSR count). The van der Waals surface area contributed by atoms with Gasteiger partial charge >= 0.3 is 29.9 Å². The Hall–Kier alpha value is -0.840. The molecule has 0 aliphatic heterocycles. The van der Waals surface area contributed by atoms with Crippen molar-refractivity contribution in [1.82, 2.24) is 0 Å². The third kappa shape index (κ3) is 2.09. The van der Waals surface area contributed by atoms with Crippen LogP contribution in [0.5, 0.6) is 0 Å². The molecule has 0 saturated carbocycles. The summed E-state index contributed by atoms with van der Waals surface area (Å²) < 4.78 is 143. The number of halogens is 12. The maximum atomic E-state index is 12.6. The Morgan fingerprint density at radius 3 is 1.00 bits per heavy atom. The van der Waals surface area contributed by atoms with Gasteiger partial charge in [-0.2, -0.15) is 43.9 Å². The first-order chi connectivity index (χ1) is 7.56. The van der Waals surface area contributed by atoms with E-state index in [9.17, 15) is 52.7 Å². The van der Waals surface area contributed by atoms with Crippen molar-refractivity contribution in [2.75, 3.05) is 6.67 Å². The topological polar surface area (TPSA) is 0 Å². The van der Waals surface area contributed by atoms with E-state index in [-0.39, 0.29) is 0 Å². The van der Waals surface area contributed by atoms with Gasteiger partial charge in [-0.1, -0.05) is 0 Å². The van der Waals surface area contributed by atoms with Gasteiger partial charge in [0, 0.05) is 0 Å². The summed E-state index contributed by atoms with van der Waals surface area (Å²) >= 11 is 0. The van der Waals surface area contributed by atoms with Crippen LogP contribution in [0.25, 0.3) is 0 Å². The molecule has 1 atom stereocenters. The standard InChI is InChI=1S/C6H2F12/c7-1-2(8,5(13,14)15)3(9,10)4(11,12)6(16,17)18/h1H2. The van der Waals surface area contributed by atoms with Crippen LogP contribution in [-0.4, -0.2) is 36.5 Å². The van der Waals surface area contributed by atoms with Crippen molar-refractivity contribution in [3.63, 3.8) is 0 Å². The van der Waals surface area contributed by atoms with Crippen LogP contribution in [0.4, 0.5) is 52.7 Å². The third-order valence-corrected chi connectivity index (χ3v) is 1.88. The Bertz CT molecular complexity index is 297. The molecule has 0 N–H and O–H groups in total. The van der Waals surface area contributed by atoms with Gasteiger partial charge in [0.2, 0.25) is 0 Å². The summed E-state index contributed by atoms with van der Waals surface area (Å²) in [6.07, 6.45) is -14.1. The Kier molecular flexibility index (Phi) is 3.89. The molecule has 0 amide bonds. The molecular weight excluding hydrogens is 300 g/mol. The van der Waals surface area contributed by atoms with E-state index in [2.05, 4.69) is 0 Å². The number of hydrogen-bond donors (Lipinski definition) is 0. The molecule has 0 bridgehead atoms. The summed E-state index contributed by atoms with van der Waals surface area (Å²) in [6.45, 7) is -3.80. The molecule has 0 radical (unpaired) electrons. The summed E-state index contributed by atoms with van der Waals surface area (Å²) in [5.74, 6) is -14.7. The fraction of sp³-hybridized carbons (Fsp3) is 1.00. The third-order valence-electron chi connectivity index (χ3n) is 1.88. The van der Waals surface area contributed by atoms with E-state index in [1.165, 1.54) is 0 Å². The molecule has 18 heavy (non-hydrogen) atoms. The van der Waals surface area contributed by atoms with Crippen molar-refractivity contribution >= 4 is 0 Å². The lowest BCUT2D eigenvalue weighted by Crippen LogP contribution is -2.68. The molecule has 0 aliphatic carbocycles. The zero-order chi connectivity index (χ0) is 15.2. The molecule has 1 unspecified atom stereocenters. The lowest BCUT2D eigenvalue weighted by atomic mass is 9.92. The van der Waals surface area contributed by atoms with E-state index in [0.29, 0.717) is 0 Å². The molecule has 0 spiro atoms. The highest BCUT2D eigenvalue weighted by Gasteiger charge is 2.86. The van der Waals surface area contributed by atoms with Crippen LogP contribution >= 0.6 is 0 Å². The first-order valence-electron chi connectivity index (χ1n) is 3.70. The van der Waals surface area contributed by atoms with Gasteiger partial charge in [0.1, 0.15) is 6.67 Å². The van der Waals surface area contributed by atoms with Gasteiger partial charge in [0.25, 0.3) is 0 Å². The van der Waals surface area contributed by atoms with E-state index >= 15 is 0 Å². The zero-order valence-electron chi connectivity index (χ0n) is 7.74. The van der Waals surface area contributed by atoms with Crippen molar-refractivity contribution in [3.8, 4) is 0 Å². The summed E-state index contributed by atoms with van der Waals surface area (Å²) in [7, 11) is 0. The minimum Gasteiger partial charge on any atom is -0.247 e. The van der Waals surface area contributed by atoms with Gasteiger partial charge in [-0.25, -0.2) is 8.78 Å². The van der Waals surface area contributed by atoms with E-state index in [1.54, 1.807) is 0 Å². The Balaban J connectivity index is 5.91. The molecule has 0 aliphatic rings. The molecule has 0 nitrogen and oxygen atoms in total. The van der Waals surface area contributed by atoms with E-state index < -0.39 is 36.5 Å². The van der Waals surface area contributed by atoms with Crippen molar-refractivity contribution in [2.45, 2.75) is 29.9 Å². The minimum absolute atomic E-state index is 3.80. The highest BCUT2D eigenvalue weighted by Crippen LogP contribution is 2.56. The van der Waals surface area contributed by atoms with Crippen LogP contribution in [0, 0.1) is 0 Å². The van der Waals surface area contributed by atoms with Gasteiger partial charge in [-0.3, -0.25) is 0 Å². The van der Waals surface area contributed by atoms with E-state index in [1.807, 2.05) is 0 Å². The SMILES string of the molecule is FCC(F)(C(F)(F)F)C(F)(F)C(F)(F)C(F)(F)F. The van der Waals surface area contributed by atoms with Gasteiger partial charge in [-0.15, -0.1) is 0 Å². The zero-order valence-corrected chi connectivity index (χ0v) is 7.74. The highest BCUT2D eigenvalue weighted by atomic mass is 19.4. The molecule has 0 fully saturated rings. The molecule has 0 aromatic heterocycles.